The molecular weight excluding hydrogens is 370 g/mol. The molecule has 0 unspecified atom stereocenters. The van der Waals surface area contributed by atoms with Gasteiger partial charge in [-0.25, -0.2) is 0 Å². The molecule has 0 radical (unpaired) electrons. The van der Waals surface area contributed by atoms with Crippen LogP contribution >= 0.6 is 23.4 Å². The number of rotatable bonds is 6. The minimum atomic E-state index is -0.0824. The van der Waals surface area contributed by atoms with Gasteiger partial charge in [0, 0.05) is 11.6 Å². The topological polar surface area (TPSA) is 72.7 Å². The summed E-state index contributed by atoms with van der Waals surface area (Å²) in [6.45, 7) is 4.48. The summed E-state index contributed by atoms with van der Waals surface area (Å²) in [6.07, 6.45) is 0. The first-order valence-electron chi connectivity index (χ1n) is 8.03. The van der Waals surface area contributed by atoms with Crippen LogP contribution in [-0.4, -0.2) is 31.9 Å². The fourth-order valence-corrected chi connectivity index (χ4v) is 3.37. The molecule has 1 N–H and O–H groups in total. The Labute approximate surface area is 160 Å². The number of para-hydroxylation sites is 1. The van der Waals surface area contributed by atoms with Gasteiger partial charge >= 0.3 is 0 Å². The number of amides is 1. The van der Waals surface area contributed by atoms with Crippen LogP contribution in [0.4, 0.5) is 0 Å². The number of hydrogen-bond donors (Lipinski definition) is 1. The predicted octanol–water partition coefficient (Wildman–Crippen LogP) is 3.34. The van der Waals surface area contributed by atoms with Gasteiger partial charge in [-0.05, 0) is 53.1 Å². The van der Waals surface area contributed by atoms with Crippen molar-refractivity contribution >= 4 is 29.3 Å². The summed E-state index contributed by atoms with van der Waals surface area (Å²) in [7, 11) is 0. The van der Waals surface area contributed by atoms with Crippen molar-refractivity contribution in [3.63, 3.8) is 0 Å². The van der Waals surface area contributed by atoms with Gasteiger partial charge in [0.25, 0.3) is 0 Å². The Morgan fingerprint density at radius 1 is 1.15 bits per heavy atom. The number of carbonyl (C=O) groups excluding carboxylic acids is 1. The summed E-state index contributed by atoms with van der Waals surface area (Å²) in [5.41, 5.74) is 4.09. The van der Waals surface area contributed by atoms with Crippen molar-refractivity contribution in [3.8, 4) is 5.69 Å². The highest BCUT2D eigenvalue weighted by atomic mass is 35.5. The molecule has 134 valence electrons. The third kappa shape index (κ3) is 4.42. The van der Waals surface area contributed by atoms with E-state index in [-0.39, 0.29) is 11.7 Å². The van der Waals surface area contributed by atoms with E-state index in [1.807, 2.05) is 44.2 Å². The molecule has 1 aromatic heterocycles. The summed E-state index contributed by atoms with van der Waals surface area (Å²) in [5, 5.41) is 16.0. The number of halogens is 1. The Balaban J connectivity index is 1.61. The monoisotopic (exact) mass is 387 g/mol. The SMILES string of the molecule is Cc1cccc(C)c1-n1nnnc1SCC(=O)NCc1ccc(Cl)cc1. The maximum atomic E-state index is 12.1. The highest BCUT2D eigenvalue weighted by Gasteiger charge is 2.14. The van der Waals surface area contributed by atoms with Crippen LogP contribution in [0.5, 0.6) is 0 Å². The fraction of sp³-hybridized carbons (Fsp3) is 0.222. The minimum absolute atomic E-state index is 0.0824. The molecule has 0 aliphatic rings. The van der Waals surface area contributed by atoms with Gasteiger partial charge in [0.2, 0.25) is 11.1 Å². The Morgan fingerprint density at radius 3 is 2.54 bits per heavy atom. The number of tetrazole rings is 1. The summed E-state index contributed by atoms with van der Waals surface area (Å²) in [5.74, 6) is 0.153. The molecule has 8 heteroatoms. The zero-order chi connectivity index (χ0) is 18.5. The van der Waals surface area contributed by atoms with Crippen molar-refractivity contribution in [2.45, 2.75) is 25.5 Å². The normalized spacial score (nSPS) is 10.7. The third-order valence-corrected chi connectivity index (χ3v) is 5.00. The van der Waals surface area contributed by atoms with E-state index in [0.29, 0.717) is 16.7 Å². The number of aryl methyl sites for hydroxylation is 2. The molecule has 3 rings (SSSR count). The highest BCUT2D eigenvalue weighted by molar-refractivity contribution is 7.99. The molecule has 3 aromatic rings. The van der Waals surface area contributed by atoms with E-state index in [4.69, 9.17) is 11.6 Å². The number of hydrogen-bond acceptors (Lipinski definition) is 5. The molecule has 0 spiro atoms. The average molecular weight is 388 g/mol. The average Bonchev–Trinajstić information content (AvgIpc) is 3.07. The van der Waals surface area contributed by atoms with Crippen LogP contribution in [0.15, 0.2) is 47.6 Å². The van der Waals surface area contributed by atoms with Gasteiger partial charge < -0.3 is 5.32 Å². The maximum absolute atomic E-state index is 12.1. The highest BCUT2D eigenvalue weighted by Crippen LogP contribution is 2.23. The van der Waals surface area contributed by atoms with Crippen molar-refractivity contribution in [3.05, 3.63) is 64.2 Å². The molecule has 1 heterocycles. The van der Waals surface area contributed by atoms with Gasteiger partial charge in [-0.15, -0.1) is 5.10 Å². The quantitative estimate of drug-likeness (QED) is 0.657. The van der Waals surface area contributed by atoms with E-state index in [2.05, 4.69) is 20.8 Å². The number of carbonyl (C=O) groups is 1. The van der Waals surface area contributed by atoms with Gasteiger partial charge in [-0.3, -0.25) is 4.79 Å². The third-order valence-electron chi connectivity index (χ3n) is 3.83. The van der Waals surface area contributed by atoms with E-state index in [1.165, 1.54) is 11.8 Å². The molecule has 0 saturated heterocycles. The number of benzene rings is 2. The smallest absolute Gasteiger partial charge is 0.230 e. The van der Waals surface area contributed by atoms with Crippen molar-refractivity contribution < 1.29 is 4.79 Å². The number of nitrogens with one attached hydrogen (secondary N) is 1. The summed E-state index contributed by atoms with van der Waals surface area (Å²) in [4.78, 5) is 12.1. The Morgan fingerprint density at radius 2 is 1.85 bits per heavy atom. The summed E-state index contributed by atoms with van der Waals surface area (Å²) in [6, 6.07) is 13.4. The lowest BCUT2D eigenvalue weighted by molar-refractivity contribution is -0.118. The van der Waals surface area contributed by atoms with Crippen LogP contribution < -0.4 is 5.32 Å². The fourth-order valence-electron chi connectivity index (χ4n) is 2.53. The predicted molar refractivity (Wildman–Crippen MR) is 103 cm³/mol. The Bertz CT molecular complexity index is 890. The first-order valence-corrected chi connectivity index (χ1v) is 9.40. The standard InChI is InChI=1S/C18H18ClN5OS/c1-12-4-3-5-13(2)17(12)24-18(21-22-23-24)26-11-16(25)20-10-14-6-8-15(19)9-7-14/h3-9H,10-11H2,1-2H3,(H,20,25). The van der Waals surface area contributed by atoms with E-state index in [9.17, 15) is 4.79 Å². The van der Waals surface area contributed by atoms with E-state index >= 15 is 0 Å². The van der Waals surface area contributed by atoms with Crippen LogP contribution in [0.25, 0.3) is 5.69 Å². The Kier molecular flexibility index (Phi) is 5.90. The molecule has 26 heavy (non-hydrogen) atoms. The van der Waals surface area contributed by atoms with Gasteiger partial charge in [-0.2, -0.15) is 4.68 Å². The van der Waals surface area contributed by atoms with E-state index in [1.54, 1.807) is 16.8 Å². The minimum Gasteiger partial charge on any atom is -0.351 e. The molecule has 0 bridgehead atoms. The van der Waals surface area contributed by atoms with Crippen LogP contribution in [0, 0.1) is 13.8 Å². The largest absolute Gasteiger partial charge is 0.351 e. The lowest BCUT2D eigenvalue weighted by Crippen LogP contribution is -2.24. The summed E-state index contributed by atoms with van der Waals surface area (Å²) >= 11 is 7.16. The van der Waals surface area contributed by atoms with Crippen LogP contribution in [0.3, 0.4) is 0 Å². The zero-order valence-electron chi connectivity index (χ0n) is 14.4. The molecular formula is C18H18ClN5OS. The molecule has 2 aromatic carbocycles. The maximum Gasteiger partial charge on any atom is 0.230 e. The lowest BCUT2D eigenvalue weighted by Gasteiger charge is -2.10. The van der Waals surface area contributed by atoms with Crippen LogP contribution in [-0.2, 0) is 11.3 Å². The van der Waals surface area contributed by atoms with Crippen LogP contribution in [0.1, 0.15) is 16.7 Å². The van der Waals surface area contributed by atoms with Gasteiger partial charge in [0.15, 0.2) is 0 Å². The van der Waals surface area contributed by atoms with E-state index in [0.717, 1.165) is 22.4 Å². The van der Waals surface area contributed by atoms with Gasteiger partial charge in [0.1, 0.15) is 0 Å². The van der Waals surface area contributed by atoms with Crippen molar-refractivity contribution in [2.24, 2.45) is 0 Å². The number of thioether (sulfide) groups is 1. The van der Waals surface area contributed by atoms with Crippen molar-refractivity contribution in [1.29, 1.82) is 0 Å². The lowest BCUT2D eigenvalue weighted by atomic mass is 10.1. The Hall–Kier alpha value is -2.38. The second-order valence-corrected chi connectivity index (χ2v) is 7.18. The molecule has 0 aliphatic heterocycles. The molecule has 0 fully saturated rings. The van der Waals surface area contributed by atoms with Crippen LogP contribution in [0.2, 0.25) is 5.02 Å². The van der Waals surface area contributed by atoms with E-state index < -0.39 is 0 Å². The summed E-state index contributed by atoms with van der Waals surface area (Å²) < 4.78 is 1.68. The number of aromatic nitrogens is 4. The van der Waals surface area contributed by atoms with Crippen molar-refractivity contribution in [1.82, 2.24) is 25.5 Å². The van der Waals surface area contributed by atoms with Gasteiger partial charge in [-0.1, -0.05) is 53.7 Å². The zero-order valence-corrected chi connectivity index (χ0v) is 16.0. The first-order chi connectivity index (χ1) is 12.5. The first kappa shape index (κ1) is 18.4. The van der Waals surface area contributed by atoms with Crippen molar-refractivity contribution in [2.75, 3.05) is 5.75 Å². The van der Waals surface area contributed by atoms with Gasteiger partial charge in [0.05, 0.1) is 11.4 Å². The second-order valence-electron chi connectivity index (χ2n) is 5.81. The second kappa shape index (κ2) is 8.33. The molecule has 1 amide bonds. The molecule has 0 aliphatic carbocycles. The molecule has 0 atom stereocenters. The molecule has 0 saturated carbocycles. The number of nitrogens with zero attached hydrogens (tertiary/aromatic N) is 4. The molecule has 6 nitrogen and oxygen atoms in total.